The molecule has 0 aliphatic rings. The van der Waals surface area contributed by atoms with Crippen LogP contribution in [0.3, 0.4) is 0 Å². The van der Waals surface area contributed by atoms with Crippen LogP contribution in [0.15, 0.2) is 60.9 Å². The second-order valence-electron chi connectivity index (χ2n) is 6.46. The Labute approximate surface area is 162 Å². The van der Waals surface area contributed by atoms with Gasteiger partial charge < -0.3 is 10.6 Å². The van der Waals surface area contributed by atoms with Gasteiger partial charge in [0.15, 0.2) is 0 Å². The predicted molar refractivity (Wildman–Crippen MR) is 104 cm³/mol. The molecule has 0 fully saturated rings. The van der Waals surface area contributed by atoms with Crippen LogP contribution in [0.1, 0.15) is 27.9 Å². The molecule has 0 unspecified atom stereocenters. The molecular weight excluding hydrogens is 359 g/mol. The Bertz CT molecular complexity index is 949. The van der Waals surface area contributed by atoms with Crippen molar-refractivity contribution in [2.75, 3.05) is 5.32 Å². The molecule has 0 aliphatic heterocycles. The topological polar surface area (TPSA) is 76.0 Å². The third-order valence-corrected chi connectivity index (χ3v) is 4.20. The molecule has 144 valence electrons. The highest BCUT2D eigenvalue weighted by atomic mass is 19.1. The molecule has 0 saturated heterocycles. The maximum Gasteiger partial charge on any atom is 0.251 e. The van der Waals surface area contributed by atoms with Gasteiger partial charge in [0.2, 0.25) is 5.91 Å². The van der Waals surface area contributed by atoms with Crippen molar-refractivity contribution in [3.8, 4) is 0 Å². The summed E-state index contributed by atoms with van der Waals surface area (Å²) in [6.45, 7) is 0.311. The molecule has 2 aromatic carbocycles. The number of hydrogen-bond acceptors (Lipinski definition) is 3. The fourth-order valence-electron chi connectivity index (χ4n) is 2.67. The molecule has 2 N–H and O–H groups in total. The van der Waals surface area contributed by atoms with Crippen molar-refractivity contribution in [1.29, 1.82) is 0 Å². The molecule has 0 radical (unpaired) electrons. The van der Waals surface area contributed by atoms with E-state index < -0.39 is 0 Å². The Hall–Kier alpha value is -3.48. The van der Waals surface area contributed by atoms with Crippen LogP contribution in [0.4, 0.5) is 10.1 Å². The van der Waals surface area contributed by atoms with Crippen LogP contribution in [-0.2, 0) is 24.8 Å². The average Bonchev–Trinajstić information content (AvgIpc) is 3.11. The molecule has 6 nitrogen and oxygen atoms in total. The minimum absolute atomic E-state index is 0.0997. The van der Waals surface area contributed by atoms with Crippen molar-refractivity contribution in [3.05, 3.63) is 83.4 Å². The molecule has 3 rings (SSSR count). The minimum Gasteiger partial charge on any atom is -0.348 e. The first-order valence-electron chi connectivity index (χ1n) is 8.90. The second kappa shape index (κ2) is 8.94. The van der Waals surface area contributed by atoms with Gasteiger partial charge in [0, 0.05) is 37.5 Å². The summed E-state index contributed by atoms with van der Waals surface area (Å²) in [4.78, 5) is 24.2. The van der Waals surface area contributed by atoms with Crippen LogP contribution in [0, 0.1) is 5.82 Å². The Kier molecular flexibility index (Phi) is 6.16. The van der Waals surface area contributed by atoms with Gasteiger partial charge in [-0.25, -0.2) is 4.39 Å². The molecule has 0 bridgehead atoms. The maximum atomic E-state index is 12.9. The Balaban J connectivity index is 1.47. The van der Waals surface area contributed by atoms with E-state index in [4.69, 9.17) is 0 Å². The van der Waals surface area contributed by atoms with E-state index in [1.165, 1.54) is 12.1 Å². The normalized spacial score (nSPS) is 10.5. The predicted octanol–water partition coefficient (Wildman–Crippen LogP) is 3.06. The number of carbonyl (C=O) groups excluding carboxylic acids is 2. The third kappa shape index (κ3) is 5.51. The molecule has 3 aromatic rings. The number of benzene rings is 2. The molecule has 1 heterocycles. The van der Waals surface area contributed by atoms with E-state index in [0.717, 1.165) is 11.1 Å². The number of carbonyl (C=O) groups is 2. The van der Waals surface area contributed by atoms with Gasteiger partial charge in [0.1, 0.15) is 5.82 Å². The quantitative estimate of drug-likeness (QED) is 0.661. The lowest BCUT2D eigenvalue weighted by Crippen LogP contribution is -2.22. The molecular formula is C21H21FN4O2. The summed E-state index contributed by atoms with van der Waals surface area (Å²) in [6.07, 6.45) is 4.59. The van der Waals surface area contributed by atoms with Crippen LogP contribution in [0.2, 0.25) is 0 Å². The lowest BCUT2D eigenvalue weighted by Gasteiger charge is -2.08. The number of amides is 2. The van der Waals surface area contributed by atoms with E-state index >= 15 is 0 Å². The van der Waals surface area contributed by atoms with Crippen LogP contribution in [-0.4, -0.2) is 21.6 Å². The van der Waals surface area contributed by atoms with Crippen molar-refractivity contribution in [2.24, 2.45) is 7.05 Å². The van der Waals surface area contributed by atoms with Gasteiger partial charge in [-0.3, -0.25) is 14.3 Å². The van der Waals surface area contributed by atoms with E-state index in [1.807, 2.05) is 13.2 Å². The van der Waals surface area contributed by atoms with Crippen LogP contribution in [0.5, 0.6) is 0 Å². The molecule has 28 heavy (non-hydrogen) atoms. The summed E-state index contributed by atoms with van der Waals surface area (Å²) in [5, 5.41) is 9.67. The zero-order chi connectivity index (χ0) is 19.9. The summed E-state index contributed by atoms with van der Waals surface area (Å²) in [7, 11) is 1.83. The molecule has 0 aliphatic carbocycles. The van der Waals surface area contributed by atoms with Crippen molar-refractivity contribution in [3.63, 3.8) is 0 Å². The molecule has 7 heteroatoms. The van der Waals surface area contributed by atoms with Gasteiger partial charge in [0.05, 0.1) is 6.20 Å². The summed E-state index contributed by atoms with van der Waals surface area (Å²) in [6, 6.07) is 12.6. The average molecular weight is 380 g/mol. The number of aryl methyl sites for hydroxylation is 2. The standard InChI is InChI=1S/C21H21FN4O2/c1-26-14-16(13-24-26)4-11-20(27)25-19-9-5-17(6-10-19)21(28)23-12-15-2-7-18(22)8-3-15/h2-3,5-10,13-14H,4,11-12H2,1H3,(H,23,28)(H,25,27). The first kappa shape index (κ1) is 19.3. The highest BCUT2D eigenvalue weighted by Crippen LogP contribution is 2.11. The summed E-state index contributed by atoms with van der Waals surface area (Å²) < 4.78 is 14.6. The first-order chi connectivity index (χ1) is 13.5. The van der Waals surface area contributed by atoms with Crippen LogP contribution < -0.4 is 10.6 Å². The largest absolute Gasteiger partial charge is 0.348 e. The third-order valence-electron chi connectivity index (χ3n) is 4.20. The number of nitrogens with zero attached hydrogens (tertiary/aromatic N) is 2. The molecule has 0 spiro atoms. The smallest absolute Gasteiger partial charge is 0.251 e. The highest BCUT2D eigenvalue weighted by Gasteiger charge is 2.08. The van der Waals surface area contributed by atoms with E-state index in [2.05, 4.69) is 15.7 Å². The number of nitrogens with one attached hydrogen (secondary N) is 2. The van der Waals surface area contributed by atoms with Crippen LogP contribution in [0.25, 0.3) is 0 Å². The lowest BCUT2D eigenvalue weighted by atomic mass is 10.1. The van der Waals surface area contributed by atoms with Gasteiger partial charge in [-0.05, 0) is 53.9 Å². The van der Waals surface area contributed by atoms with Gasteiger partial charge in [-0.2, -0.15) is 5.10 Å². The number of aromatic nitrogens is 2. The van der Waals surface area contributed by atoms with Crippen molar-refractivity contribution < 1.29 is 14.0 Å². The lowest BCUT2D eigenvalue weighted by molar-refractivity contribution is -0.116. The maximum absolute atomic E-state index is 12.9. The molecule has 0 saturated carbocycles. The van der Waals surface area contributed by atoms with Crippen molar-refractivity contribution in [2.45, 2.75) is 19.4 Å². The van der Waals surface area contributed by atoms with Gasteiger partial charge in [0.25, 0.3) is 5.91 Å². The van der Waals surface area contributed by atoms with Gasteiger partial charge >= 0.3 is 0 Å². The van der Waals surface area contributed by atoms with Gasteiger partial charge in [-0.15, -0.1) is 0 Å². The Morgan fingerprint density at radius 1 is 1.04 bits per heavy atom. The minimum atomic E-state index is -0.312. The molecule has 1 aromatic heterocycles. The highest BCUT2D eigenvalue weighted by molar-refractivity contribution is 5.95. The summed E-state index contributed by atoms with van der Waals surface area (Å²) in [5.74, 6) is -0.649. The van der Waals surface area contributed by atoms with Crippen LogP contribution >= 0.6 is 0 Å². The Morgan fingerprint density at radius 2 is 1.75 bits per heavy atom. The van der Waals surface area contributed by atoms with E-state index in [0.29, 0.717) is 30.6 Å². The number of halogens is 1. The van der Waals surface area contributed by atoms with Gasteiger partial charge in [-0.1, -0.05) is 12.1 Å². The number of rotatable bonds is 7. The monoisotopic (exact) mass is 380 g/mol. The fraction of sp³-hybridized carbons (Fsp3) is 0.190. The Morgan fingerprint density at radius 3 is 2.39 bits per heavy atom. The van der Waals surface area contributed by atoms with Crippen molar-refractivity contribution >= 4 is 17.5 Å². The van der Waals surface area contributed by atoms with Crippen molar-refractivity contribution in [1.82, 2.24) is 15.1 Å². The zero-order valence-electron chi connectivity index (χ0n) is 15.5. The van der Waals surface area contributed by atoms with E-state index in [-0.39, 0.29) is 17.6 Å². The first-order valence-corrected chi connectivity index (χ1v) is 8.90. The molecule has 0 atom stereocenters. The van der Waals surface area contributed by atoms with E-state index in [9.17, 15) is 14.0 Å². The fourth-order valence-corrected chi connectivity index (χ4v) is 2.67. The van der Waals surface area contributed by atoms with E-state index in [1.54, 1.807) is 47.3 Å². The summed E-state index contributed by atoms with van der Waals surface area (Å²) >= 11 is 0. The molecule has 2 amide bonds. The summed E-state index contributed by atoms with van der Waals surface area (Å²) in [5.41, 5.74) is 2.93. The number of anilines is 1. The number of hydrogen-bond donors (Lipinski definition) is 2. The SMILES string of the molecule is Cn1cc(CCC(=O)Nc2ccc(C(=O)NCc3ccc(F)cc3)cc2)cn1. The zero-order valence-corrected chi connectivity index (χ0v) is 15.5. The second-order valence-corrected chi connectivity index (χ2v) is 6.46.